The molecule has 53 heavy (non-hydrogen) atoms. The third-order valence-electron chi connectivity index (χ3n) is 9.17. The number of aryl methyl sites for hydroxylation is 2. The second-order valence-electron chi connectivity index (χ2n) is 13.3. The van der Waals surface area contributed by atoms with Crippen LogP contribution in [-0.4, -0.2) is 123 Å². The maximum atomic E-state index is 15.6. The second kappa shape index (κ2) is 17.4. The van der Waals surface area contributed by atoms with Gasteiger partial charge in [0.1, 0.15) is 0 Å². The van der Waals surface area contributed by atoms with E-state index in [4.69, 9.17) is 16.3 Å². The molecule has 4 aromatic rings. The zero-order valence-electron chi connectivity index (χ0n) is 30.5. The number of ether oxygens (including phenoxy) is 1. The molecule has 3 amide bonds. The van der Waals surface area contributed by atoms with Gasteiger partial charge in [-0.1, -0.05) is 17.7 Å². The smallest absolute Gasteiger partial charge is 0.291 e. The minimum Gasteiger partial charge on any atom is -0.392 e. The number of likely N-dealkylation sites (N-methyl/N-ethyl adjacent to an activating group) is 1. The first kappa shape index (κ1) is 39.5. The molecule has 2 N–H and O–H groups in total. The summed E-state index contributed by atoms with van der Waals surface area (Å²) < 4.78 is 39.2. The average Bonchev–Trinajstić information content (AvgIpc) is 3.69. The Labute approximate surface area is 312 Å². The minimum atomic E-state index is -1.08. The lowest BCUT2D eigenvalue weighted by Crippen LogP contribution is -2.50. The van der Waals surface area contributed by atoms with E-state index in [0.29, 0.717) is 69.2 Å². The van der Waals surface area contributed by atoms with E-state index in [1.54, 1.807) is 34.7 Å². The zero-order chi connectivity index (χ0) is 38.4. The van der Waals surface area contributed by atoms with Gasteiger partial charge in [-0.05, 0) is 58.1 Å². The van der Waals surface area contributed by atoms with Crippen molar-refractivity contribution < 1.29 is 33.0 Å². The minimum absolute atomic E-state index is 0.0621. The molecule has 0 saturated carbocycles. The number of benzene rings is 2. The van der Waals surface area contributed by atoms with Crippen LogP contribution in [0.5, 0.6) is 0 Å². The van der Waals surface area contributed by atoms with E-state index in [2.05, 4.69) is 15.4 Å². The quantitative estimate of drug-likeness (QED) is 0.180. The van der Waals surface area contributed by atoms with Crippen LogP contribution >= 0.6 is 11.6 Å². The number of imidazole rings is 1. The van der Waals surface area contributed by atoms with Crippen LogP contribution in [0.25, 0.3) is 22.4 Å². The van der Waals surface area contributed by atoms with Gasteiger partial charge >= 0.3 is 0 Å². The molecule has 1 saturated heterocycles. The highest BCUT2D eigenvalue weighted by Crippen LogP contribution is 2.33. The van der Waals surface area contributed by atoms with Crippen molar-refractivity contribution >= 4 is 35.0 Å². The summed E-state index contributed by atoms with van der Waals surface area (Å²) in [5, 5.41) is 17.3. The molecule has 1 aliphatic rings. The van der Waals surface area contributed by atoms with Gasteiger partial charge in [-0.2, -0.15) is 5.10 Å². The molecular formula is C37H45ClF2N8O5. The number of piperazine rings is 1. The number of nitrogens with one attached hydrogen (secondary N) is 1. The number of amides is 3. The Balaban J connectivity index is 1.20. The van der Waals surface area contributed by atoms with E-state index < -0.39 is 23.6 Å². The Hall–Kier alpha value is -4.70. The standard InChI is InChI=1S/C37H45ClF2N8O5/c1-23-29(22-48(43-23)13-6-18-53-5)26-10-11-28(34(40)33(26)39)31-20-41-35(45(31)4)36(51)42-24-7-9-27(30(38)19-24)37(52)47-16-14-46(15-17-47)32(50)12-8-25(49)21-44(2)3/h7,9-11,19-20,22,25,49H,6,8,12-18,21H2,1-5H3,(H,42,51)/t25-/m1/s1. The summed E-state index contributed by atoms with van der Waals surface area (Å²) in [4.78, 5) is 48.5. The zero-order valence-corrected chi connectivity index (χ0v) is 31.3. The number of anilines is 1. The fourth-order valence-corrected chi connectivity index (χ4v) is 6.60. The fourth-order valence-electron chi connectivity index (χ4n) is 6.34. The molecule has 0 unspecified atom stereocenters. The number of aromatic nitrogens is 4. The number of rotatable bonds is 14. The Bertz CT molecular complexity index is 1960. The fraction of sp³-hybridized carbons (Fsp3) is 0.432. The van der Waals surface area contributed by atoms with Crippen molar-refractivity contribution in [2.75, 3.05) is 65.9 Å². The van der Waals surface area contributed by atoms with Crippen molar-refractivity contribution in [3.05, 3.63) is 76.5 Å². The van der Waals surface area contributed by atoms with Crippen molar-refractivity contribution in [3.8, 4) is 22.4 Å². The lowest BCUT2D eigenvalue weighted by Gasteiger charge is -2.35. The summed E-state index contributed by atoms with van der Waals surface area (Å²) in [6.07, 6.45) is 3.70. The van der Waals surface area contributed by atoms with E-state index in [-0.39, 0.29) is 51.5 Å². The van der Waals surface area contributed by atoms with Crippen LogP contribution in [0.4, 0.5) is 14.5 Å². The molecule has 3 heterocycles. The van der Waals surface area contributed by atoms with Crippen LogP contribution in [0, 0.1) is 18.6 Å². The molecule has 0 bridgehead atoms. The first-order chi connectivity index (χ1) is 25.3. The Kier molecular flexibility index (Phi) is 13.0. The molecule has 0 spiro atoms. The van der Waals surface area contributed by atoms with Gasteiger partial charge in [-0.3, -0.25) is 19.1 Å². The molecule has 16 heteroatoms. The topological polar surface area (TPSA) is 138 Å². The van der Waals surface area contributed by atoms with Gasteiger partial charge < -0.3 is 34.4 Å². The Morgan fingerprint density at radius 1 is 1.04 bits per heavy atom. The Morgan fingerprint density at radius 2 is 1.72 bits per heavy atom. The highest BCUT2D eigenvalue weighted by molar-refractivity contribution is 6.34. The van der Waals surface area contributed by atoms with Crippen molar-refractivity contribution in [1.29, 1.82) is 0 Å². The van der Waals surface area contributed by atoms with Gasteiger partial charge in [-0.25, -0.2) is 13.8 Å². The lowest BCUT2D eigenvalue weighted by molar-refractivity contribution is -0.133. The molecule has 0 aliphatic carbocycles. The van der Waals surface area contributed by atoms with Crippen molar-refractivity contribution in [2.24, 2.45) is 7.05 Å². The van der Waals surface area contributed by atoms with E-state index in [1.165, 1.54) is 48.1 Å². The van der Waals surface area contributed by atoms with Crippen molar-refractivity contribution in [2.45, 2.75) is 38.8 Å². The van der Waals surface area contributed by atoms with E-state index in [9.17, 15) is 19.5 Å². The molecular weight excluding hydrogens is 710 g/mol. The van der Waals surface area contributed by atoms with Crippen LogP contribution in [-0.2, 0) is 23.1 Å². The molecule has 0 radical (unpaired) electrons. The number of hydrogen-bond donors (Lipinski definition) is 2. The van der Waals surface area contributed by atoms with Crippen molar-refractivity contribution in [1.82, 2.24) is 34.0 Å². The Morgan fingerprint density at radius 3 is 2.40 bits per heavy atom. The van der Waals surface area contributed by atoms with E-state index >= 15 is 8.78 Å². The molecule has 5 rings (SSSR count). The number of nitrogens with zero attached hydrogens (tertiary/aromatic N) is 7. The average molecular weight is 755 g/mol. The first-order valence-corrected chi connectivity index (χ1v) is 17.7. The maximum Gasteiger partial charge on any atom is 0.291 e. The summed E-state index contributed by atoms with van der Waals surface area (Å²) >= 11 is 6.50. The largest absolute Gasteiger partial charge is 0.392 e. The number of carbonyl (C=O) groups is 3. The van der Waals surface area contributed by atoms with E-state index in [1.807, 2.05) is 19.0 Å². The molecule has 13 nitrogen and oxygen atoms in total. The summed E-state index contributed by atoms with van der Waals surface area (Å²) in [5.41, 5.74) is 1.76. The SMILES string of the molecule is COCCCn1cc(-c2ccc(-c3cnc(C(=O)Nc4ccc(C(=O)N5CCN(C(=O)CC[C@@H](O)CN(C)C)CC5)c(Cl)c4)n3C)c(F)c2F)c(C)n1. The third kappa shape index (κ3) is 9.27. The van der Waals surface area contributed by atoms with Crippen LogP contribution in [0.3, 0.4) is 0 Å². The number of aliphatic hydroxyl groups is 1. The third-order valence-corrected chi connectivity index (χ3v) is 9.48. The molecule has 2 aromatic carbocycles. The molecule has 1 fully saturated rings. The second-order valence-corrected chi connectivity index (χ2v) is 13.7. The highest BCUT2D eigenvalue weighted by atomic mass is 35.5. The maximum absolute atomic E-state index is 15.6. The van der Waals surface area contributed by atoms with E-state index in [0.717, 1.165) is 6.42 Å². The molecule has 284 valence electrons. The van der Waals surface area contributed by atoms with Crippen LogP contribution in [0.2, 0.25) is 5.02 Å². The van der Waals surface area contributed by atoms with Gasteiger partial charge in [0, 0.05) is 95.0 Å². The van der Waals surface area contributed by atoms with Gasteiger partial charge in [-0.15, -0.1) is 0 Å². The van der Waals surface area contributed by atoms with Crippen LogP contribution in [0.15, 0.2) is 42.7 Å². The molecule has 1 aliphatic heterocycles. The van der Waals surface area contributed by atoms with Crippen molar-refractivity contribution in [3.63, 3.8) is 0 Å². The van der Waals surface area contributed by atoms with Gasteiger partial charge in [0.2, 0.25) is 5.91 Å². The highest BCUT2D eigenvalue weighted by Gasteiger charge is 2.27. The molecule has 2 aromatic heterocycles. The first-order valence-electron chi connectivity index (χ1n) is 17.3. The summed E-state index contributed by atoms with van der Waals surface area (Å²) in [7, 11) is 6.85. The summed E-state index contributed by atoms with van der Waals surface area (Å²) in [6, 6.07) is 7.42. The van der Waals surface area contributed by atoms with Gasteiger partial charge in [0.15, 0.2) is 17.5 Å². The number of halogens is 3. The number of methoxy groups -OCH3 is 1. The summed E-state index contributed by atoms with van der Waals surface area (Å²) in [5.74, 6) is -3.18. The van der Waals surface area contributed by atoms with Crippen LogP contribution in [0.1, 0.15) is 45.9 Å². The number of aliphatic hydroxyl groups excluding tert-OH is 1. The predicted octanol–water partition coefficient (Wildman–Crippen LogP) is 4.47. The predicted molar refractivity (Wildman–Crippen MR) is 197 cm³/mol. The number of hydrogen-bond acceptors (Lipinski definition) is 8. The number of carbonyl (C=O) groups excluding carboxylic acids is 3. The summed E-state index contributed by atoms with van der Waals surface area (Å²) in [6.45, 7) is 4.72. The van der Waals surface area contributed by atoms with Crippen LogP contribution < -0.4 is 5.32 Å². The van der Waals surface area contributed by atoms with Gasteiger partial charge in [0.25, 0.3) is 11.8 Å². The van der Waals surface area contributed by atoms with Gasteiger partial charge in [0.05, 0.1) is 34.3 Å². The lowest BCUT2D eigenvalue weighted by atomic mass is 10.0. The monoisotopic (exact) mass is 754 g/mol. The normalized spacial score (nSPS) is 13.8. The molecule has 1 atom stereocenters.